The zero-order chi connectivity index (χ0) is 19.1. The van der Waals surface area contributed by atoms with Gasteiger partial charge in [0.05, 0.1) is 12.1 Å². The summed E-state index contributed by atoms with van der Waals surface area (Å²) >= 11 is 0. The van der Waals surface area contributed by atoms with Crippen LogP contribution < -0.4 is 5.32 Å². The Morgan fingerprint density at radius 3 is 2.46 bits per heavy atom. The minimum absolute atomic E-state index is 0.157. The highest BCUT2D eigenvalue weighted by molar-refractivity contribution is 5.84. The Balaban J connectivity index is 1.35. The van der Waals surface area contributed by atoms with Crippen LogP contribution in [0.5, 0.6) is 0 Å². The number of benzene rings is 1. The van der Waals surface area contributed by atoms with Gasteiger partial charge in [-0.05, 0) is 43.4 Å². The quantitative estimate of drug-likeness (QED) is 0.690. The normalized spacial score (nSPS) is 16.3. The molecule has 0 aliphatic heterocycles. The van der Waals surface area contributed by atoms with Gasteiger partial charge >= 0.3 is 0 Å². The lowest BCUT2D eigenvalue weighted by Crippen LogP contribution is -2.24. The predicted octanol–water partition coefficient (Wildman–Crippen LogP) is 2.94. The number of pyridine rings is 1. The van der Waals surface area contributed by atoms with Gasteiger partial charge < -0.3 is 5.32 Å². The minimum Gasteiger partial charge on any atom is -0.352 e. The number of carbonyl (C=O) groups is 2. The van der Waals surface area contributed by atoms with Crippen LogP contribution in [-0.4, -0.2) is 26.3 Å². The van der Waals surface area contributed by atoms with Gasteiger partial charge in [-0.2, -0.15) is 5.10 Å². The molecule has 2 aliphatic rings. The van der Waals surface area contributed by atoms with Gasteiger partial charge in [0.15, 0.2) is 11.5 Å². The molecule has 6 nitrogen and oxygen atoms in total. The molecule has 2 aromatic heterocycles. The van der Waals surface area contributed by atoms with Crippen molar-refractivity contribution in [1.29, 1.82) is 0 Å². The van der Waals surface area contributed by atoms with E-state index in [9.17, 15) is 9.59 Å². The van der Waals surface area contributed by atoms with E-state index in [0.717, 1.165) is 48.2 Å². The van der Waals surface area contributed by atoms with E-state index in [4.69, 9.17) is 0 Å². The summed E-state index contributed by atoms with van der Waals surface area (Å²) < 4.78 is 1.80. The zero-order valence-corrected chi connectivity index (χ0v) is 15.6. The number of fused-ring (bicyclic) bond motifs is 1. The van der Waals surface area contributed by atoms with Gasteiger partial charge in [0.1, 0.15) is 5.78 Å². The molecule has 0 spiro atoms. The standard InChI is InChI=1S/C22H22N4O2/c27-19(16-8-9-16)12-20-24-21-3-1-2-18(26(21)25-20)15-6-4-14(5-7-15)13-23-22(28)17-10-11-17/h1-7,16-17H,8-13H2,(H,23,28). The maximum atomic E-state index is 12.1. The lowest BCUT2D eigenvalue weighted by atomic mass is 10.1. The van der Waals surface area contributed by atoms with Crippen LogP contribution in [0.25, 0.3) is 16.9 Å². The highest BCUT2D eigenvalue weighted by atomic mass is 16.2. The molecule has 0 bridgehead atoms. The van der Waals surface area contributed by atoms with Crippen LogP contribution in [0.1, 0.15) is 37.1 Å². The Labute approximate surface area is 163 Å². The van der Waals surface area contributed by atoms with Gasteiger partial charge in [0.25, 0.3) is 0 Å². The number of amides is 1. The van der Waals surface area contributed by atoms with Crippen LogP contribution in [0, 0.1) is 11.8 Å². The zero-order valence-electron chi connectivity index (χ0n) is 15.6. The van der Waals surface area contributed by atoms with E-state index in [-0.39, 0.29) is 23.5 Å². The number of hydrogen-bond acceptors (Lipinski definition) is 4. The second kappa shape index (κ2) is 6.86. The SMILES string of the molecule is O=C(Cc1nc2cccc(-c3ccc(CNC(=O)C4CC4)cc3)n2n1)C1CC1. The van der Waals surface area contributed by atoms with Gasteiger partial charge in [0, 0.05) is 23.9 Å². The second-order valence-electron chi connectivity index (χ2n) is 7.82. The number of ketones is 1. The Morgan fingerprint density at radius 1 is 1.00 bits per heavy atom. The molecule has 0 unspecified atom stereocenters. The summed E-state index contributed by atoms with van der Waals surface area (Å²) in [6.45, 7) is 0.552. The first-order valence-corrected chi connectivity index (χ1v) is 9.92. The van der Waals surface area contributed by atoms with Crippen LogP contribution in [-0.2, 0) is 22.6 Å². The molecule has 2 saturated carbocycles. The van der Waals surface area contributed by atoms with Gasteiger partial charge in [-0.3, -0.25) is 9.59 Å². The monoisotopic (exact) mass is 374 g/mol. The van der Waals surface area contributed by atoms with E-state index in [1.54, 1.807) is 4.52 Å². The molecule has 2 fully saturated rings. The minimum atomic E-state index is 0.157. The topological polar surface area (TPSA) is 76.4 Å². The molecule has 0 saturated heterocycles. The number of rotatable bonds is 7. The molecule has 6 heteroatoms. The second-order valence-corrected chi connectivity index (χ2v) is 7.82. The molecule has 0 radical (unpaired) electrons. The Morgan fingerprint density at radius 2 is 1.75 bits per heavy atom. The lowest BCUT2D eigenvalue weighted by Gasteiger charge is -2.07. The molecule has 142 valence electrons. The maximum absolute atomic E-state index is 12.1. The van der Waals surface area contributed by atoms with Crippen molar-refractivity contribution in [3.63, 3.8) is 0 Å². The summed E-state index contributed by atoms with van der Waals surface area (Å²) in [4.78, 5) is 28.4. The van der Waals surface area contributed by atoms with Crippen molar-refractivity contribution in [2.75, 3.05) is 0 Å². The predicted molar refractivity (Wildman–Crippen MR) is 104 cm³/mol. The summed E-state index contributed by atoms with van der Waals surface area (Å²) in [5.41, 5.74) is 3.77. The molecule has 1 aromatic carbocycles. The molecular weight excluding hydrogens is 352 g/mol. The van der Waals surface area contributed by atoms with E-state index in [2.05, 4.69) is 15.4 Å². The maximum Gasteiger partial charge on any atom is 0.223 e. The average Bonchev–Trinajstić information content (AvgIpc) is 3.61. The van der Waals surface area contributed by atoms with Crippen LogP contribution in [0.4, 0.5) is 0 Å². The molecule has 0 atom stereocenters. The average molecular weight is 374 g/mol. The van der Waals surface area contributed by atoms with Gasteiger partial charge in [-0.1, -0.05) is 30.3 Å². The van der Waals surface area contributed by atoms with E-state index in [1.165, 1.54) is 0 Å². The highest BCUT2D eigenvalue weighted by Gasteiger charge is 2.30. The Bertz CT molecular complexity index is 1050. The van der Waals surface area contributed by atoms with Gasteiger partial charge in [-0.15, -0.1) is 0 Å². The fourth-order valence-corrected chi connectivity index (χ4v) is 3.42. The third-order valence-electron chi connectivity index (χ3n) is 5.43. The third kappa shape index (κ3) is 3.54. The van der Waals surface area contributed by atoms with E-state index < -0.39 is 0 Å². The molecular formula is C22H22N4O2. The van der Waals surface area contributed by atoms with Crippen molar-refractivity contribution < 1.29 is 9.59 Å². The molecule has 28 heavy (non-hydrogen) atoms. The van der Waals surface area contributed by atoms with Crippen molar-refractivity contribution in [3.05, 3.63) is 53.9 Å². The fraction of sp³-hybridized carbons (Fsp3) is 0.364. The summed E-state index contributed by atoms with van der Waals surface area (Å²) in [7, 11) is 0. The number of nitrogens with zero attached hydrogens (tertiary/aromatic N) is 3. The Kier molecular flexibility index (Phi) is 4.19. The lowest BCUT2D eigenvalue weighted by molar-refractivity contribution is -0.122. The molecule has 1 amide bonds. The van der Waals surface area contributed by atoms with Crippen LogP contribution in [0.15, 0.2) is 42.5 Å². The van der Waals surface area contributed by atoms with Crippen molar-refractivity contribution in [2.24, 2.45) is 11.8 Å². The number of hydrogen-bond donors (Lipinski definition) is 1. The summed E-state index contributed by atoms with van der Waals surface area (Å²) in [5, 5.41) is 7.56. The molecule has 3 aromatic rings. The molecule has 2 aliphatic carbocycles. The number of Topliss-reactive ketones (excluding diaryl/α,β-unsaturated/α-hetero) is 1. The molecule has 1 N–H and O–H groups in total. The summed E-state index contributed by atoms with van der Waals surface area (Å²) in [5.74, 6) is 1.44. The van der Waals surface area contributed by atoms with Crippen LogP contribution >= 0.6 is 0 Å². The fourth-order valence-electron chi connectivity index (χ4n) is 3.42. The summed E-state index contributed by atoms with van der Waals surface area (Å²) in [6.07, 6.45) is 4.35. The van der Waals surface area contributed by atoms with E-state index in [0.29, 0.717) is 18.8 Å². The van der Waals surface area contributed by atoms with Crippen molar-refractivity contribution in [2.45, 2.75) is 38.6 Å². The van der Waals surface area contributed by atoms with E-state index in [1.807, 2.05) is 42.5 Å². The number of aromatic nitrogens is 3. The molecule has 5 rings (SSSR count). The van der Waals surface area contributed by atoms with Crippen molar-refractivity contribution in [1.82, 2.24) is 19.9 Å². The van der Waals surface area contributed by atoms with Gasteiger partial charge in [0.2, 0.25) is 5.91 Å². The largest absolute Gasteiger partial charge is 0.352 e. The highest BCUT2D eigenvalue weighted by Crippen LogP contribution is 2.31. The molecule has 2 heterocycles. The number of nitrogens with one attached hydrogen (secondary N) is 1. The smallest absolute Gasteiger partial charge is 0.223 e. The third-order valence-corrected chi connectivity index (χ3v) is 5.43. The first kappa shape index (κ1) is 17.1. The van der Waals surface area contributed by atoms with Crippen molar-refractivity contribution >= 4 is 17.3 Å². The van der Waals surface area contributed by atoms with Crippen LogP contribution in [0.2, 0.25) is 0 Å². The first-order valence-electron chi connectivity index (χ1n) is 9.92. The van der Waals surface area contributed by atoms with Gasteiger partial charge in [-0.25, -0.2) is 9.50 Å². The Hall–Kier alpha value is -3.02. The van der Waals surface area contributed by atoms with Crippen LogP contribution in [0.3, 0.4) is 0 Å². The van der Waals surface area contributed by atoms with Crippen molar-refractivity contribution in [3.8, 4) is 11.3 Å². The summed E-state index contributed by atoms with van der Waals surface area (Å²) in [6, 6.07) is 14.0. The number of carbonyl (C=O) groups excluding carboxylic acids is 2. The van der Waals surface area contributed by atoms with E-state index >= 15 is 0 Å². The first-order chi connectivity index (χ1) is 13.7.